The van der Waals surface area contributed by atoms with Crippen molar-refractivity contribution < 1.29 is 23.5 Å². The van der Waals surface area contributed by atoms with Crippen LogP contribution in [0.15, 0.2) is 18.2 Å². The molecule has 0 heterocycles. The number of carbonyl (C=O) groups excluding carboxylic acids is 1. The van der Waals surface area contributed by atoms with Crippen molar-refractivity contribution in [2.24, 2.45) is 5.41 Å². The number of amides is 1. The van der Waals surface area contributed by atoms with Crippen molar-refractivity contribution in [2.45, 2.75) is 13.3 Å². The van der Waals surface area contributed by atoms with E-state index in [4.69, 9.17) is 5.11 Å². The fraction of sp³-hybridized carbons (Fsp3) is 0.333. The molecule has 0 spiro atoms. The monoisotopic (exact) mass is 257 g/mol. The van der Waals surface area contributed by atoms with Crippen LogP contribution in [0.2, 0.25) is 0 Å². The van der Waals surface area contributed by atoms with Gasteiger partial charge < -0.3 is 10.4 Å². The molecule has 1 amide bonds. The highest BCUT2D eigenvalue weighted by Gasteiger charge is 2.40. The van der Waals surface area contributed by atoms with Crippen LogP contribution in [0.3, 0.4) is 0 Å². The second kappa shape index (κ2) is 5.12. The van der Waals surface area contributed by atoms with Crippen LogP contribution in [0, 0.1) is 17.0 Å². The van der Waals surface area contributed by atoms with Crippen molar-refractivity contribution in [3.63, 3.8) is 0 Å². The summed E-state index contributed by atoms with van der Waals surface area (Å²) in [6, 6.07) is 3.04. The molecule has 0 saturated carbocycles. The van der Waals surface area contributed by atoms with Gasteiger partial charge in [-0.1, -0.05) is 6.07 Å². The van der Waals surface area contributed by atoms with E-state index < -0.39 is 28.9 Å². The van der Waals surface area contributed by atoms with Crippen LogP contribution in [-0.4, -0.2) is 24.0 Å². The molecule has 4 nitrogen and oxygen atoms in total. The average molecular weight is 257 g/mol. The SMILES string of the molecule is CNC(=O)C(C)(Cc1ccc(F)c(F)c1)C(=O)O. The minimum absolute atomic E-state index is 0.223. The molecule has 2 N–H and O–H groups in total. The fourth-order valence-corrected chi connectivity index (χ4v) is 1.59. The Morgan fingerprint density at radius 3 is 2.39 bits per heavy atom. The summed E-state index contributed by atoms with van der Waals surface area (Å²) in [6.45, 7) is 1.23. The number of hydrogen-bond acceptors (Lipinski definition) is 2. The number of nitrogens with one attached hydrogen (secondary N) is 1. The van der Waals surface area contributed by atoms with Crippen LogP contribution in [0.25, 0.3) is 0 Å². The lowest BCUT2D eigenvalue weighted by molar-refractivity contribution is -0.154. The molecule has 0 aromatic heterocycles. The number of benzene rings is 1. The Hall–Kier alpha value is -1.98. The first-order valence-electron chi connectivity index (χ1n) is 5.20. The molecule has 0 aliphatic rings. The van der Waals surface area contributed by atoms with Gasteiger partial charge in [0.15, 0.2) is 11.6 Å². The lowest BCUT2D eigenvalue weighted by atomic mass is 9.82. The largest absolute Gasteiger partial charge is 0.480 e. The normalized spacial score (nSPS) is 13.8. The maximum Gasteiger partial charge on any atom is 0.319 e. The zero-order valence-electron chi connectivity index (χ0n) is 9.96. The summed E-state index contributed by atoms with van der Waals surface area (Å²) in [5, 5.41) is 11.3. The molecule has 1 unspecified atom stereocenters. The topological polar surface area (TPSA) is 66.4 Å². The third-order valence-electron chi connectivity index (χ3n) is 2.74. The predicted molar refractivity (Wildman–Crippen MR) is 59.9 cm³/mol. The second-order valence-corrected chi connectivity index (χ2v) is 4.14. The molecule has 1 atom stereocenters. The number of aliphatic carboxylic acids is 1. The first-order chi connectivity index (χ1) is 8.31. The van der Waals surface area contributed by atoms with Gasteiger partial charge in [-0.15, -0.1) is 0 Å². The van der Waals surface area contributed by atoms with Crippen LogP contribution < -0.4 is 5.32 Å². The Kier molecular flexibility index (Phi) is 4.00. The summed E-state index contributed by atoms with van der Waals surface area (Å²) >= 11 is 0. The first kappa shape index (κ1) is 14.1. The first-order valence-corrected chi connectivity index (χ1v) is 5.20. The number of carboxylic acid groups (broad SMARTS) is 1. The van der Waals surface area contributed by atoms with E-state index in [-0.39, 0.29) is 12.0 Å². The van der Waals surface area contributed by atoms with E-state index in [9.17, 15) is 18.4 Å². The molecule has 6 heteroatoms. The van der Waals surface area contributed by atoms with E-state index in [1.54, 1.807) is 0 Å². The molecule has 0 fully saturated rings. The van der Waals surface area contributed by atoms with Crippen LogP contribution in [0.4, 0.5) is 8.78 Å². The molecule has 98 valence electrons. The summed E-state index contributed by atoms with van der Waals surface area (Å²) < 4.78 is 25.8. The van der Waals surface area contributed by atoms with Crippen LogP contribution in [0.5, 0.6) is 0 Å². The molecule has 0 radical (unpaired) electrons. The molecule has 0 bridgehead atoms. The van der Waals surface area contributed by atoms with Gasteiger partial charge in [0.25, 0.3) is 0 Å². The quantitative estimate of drug-likeness (QED) is 0.800. The minimum atomic E-state index is -1.72. The van der Waals surface area contributed by atoms with Gasteiger partial charge in [-0.3, -0.25) is 9.59 Å². The van der Waals surface area contributed by atoms with E-state index in [1.807, 2.05) is 0 Å². The van der Waals surface area contributed by atoms with Crippen molar-refractivity contribution in [3.8, 4) is 0 Å². The van der Waals surface area contributed by atoms with Gasteiger partial charge in [-0.05, 0) is 31.0 Å². The van der Waals surface area contributed by atoms with Crippen LogP contribution in [-0.2, 0) is 16.0 Å². The third-order valence-corrected chi connectivity index (χ3v) is 2.74. The van der Waals surface area contributed by atoms with Crippen molar-refractivity contribution in [3.05, 3.63) is 35.4 Å². The summed E-state index contributed by atoms with van der Waals surface area (Å²) in [5.41, 5.74) is -1.48. The summed E-state index contributed by atoms with van der Waals surface area (Å²) in [4.78, 5) is 22.7. The highest BCUT2D eigenvalue weighted by molar-refractivity contribution is 6.01. The minimum Gasteiger partial charge on any atom is -0.480 e. The van der Waals surface area contributed by atoms with E-state index in [0.29, 0.717) is 0 Å². The Bertz CT molecular complexity index is 490. The molecule has 1 aromatic carbocycles. The number of halogens is 2. The fourth-order valence-electron chi connectivity index (χ4n) is 1.59. The smallest absolute Gasteiger partial charge is 0.319 e. The van der Waals surface area contributed by atoms with Crippen LogP contribution >= 0.6 is 0 Å². The van der Waals surface area contributed by atoms with Crippen LogP contribution in [0.1, 0.15) is 12.5 Å². The van der Waals surface area contributed by atoms with Gasteiger partial charge in [0.2, 0.25) is 5.91 Å². The second-order valence-electron chi connectivity index (χ2n) is 4.14. The van der Waals surface area contributed by atoms with Gasteiger partial charge in [0, 0.05) is 7.05 Å². The average Bonchev–Trinajstić information content (AvgIpc) is 2.32. The molecular weight excluding hydrogens is 244 g/mol. The van der Waals surface area contributed by atoms with E-state index >= 15 is 0 Å². The summed E-state index contributed by atoms with van der Waals surface area (Å²) in [7, 11) is 1.31. The zero-order chi connectivity index (χ0) is 13.9. The molecule has 0 aliphatic heterocycles. The van der Waals surface area contributed by atoms with E-state index in [2.05, 4.69) is 5.32 Å². The maximum atomic E-state index is 13.0. The molecule has 1 rings (SSSR count). The van der Waals surface area contributed by atoms with Crippen molar-refractivity contribution in [1.29, 1.82) is 0 Å². The Balaban J connectivity index is 3.08. The Morgan fingerprint density at radius 2 is 1.94 bits per heavy atom. The van der Waals surface area contributed by atoms with Gasteiger partial charge in [-0.25, -0.2) is 8.78 Å². The number of carbonyl (C=O) groups is 2. The van der Waals surface area contributed by atoms with Crippen molar-refractivity contribution in [1.82, 2.24) is 5.32 Å². The van der Waals surface area contributed by atoms with Crippen molar-refractivity contribution in [2.75, 3.05) is 7.05 Å². The molecule has 0 aliphatic carbocycles. The van der Waals surface area contributed by atoms with Gasteiger partial charge >= 0.3 is 5.97 Å². The highest BCUT2D eigenvalue weighted by Crippen LogP contribution is 2.24. The van der Waals surface area contributed by atoms with E-state index in [0.717, 1.165) is 12.1 Å². The maximum absolute atomic E-state index is 13.0. The van der Waals surface area contributed by atoms with Gasteiger partial charge in [-0.2, -0.15) is 0 Å². The third kappa shape index (κ3) is 2.64. The number of rotatable bonds is 4. The molecule has 1 aromatic rings. The number of carboxylic acids is 1. The molecule has 18 heavy (non-hydrogen) atoms. The summed E-state index contributed by atoms with van der Waals surface area (Å²) in [5.74, 6) is -4.11. The molecule has 0 saturated heterocycles. The summed E-state index contributed by atoms with van der Waals surface area (Å²) in [6.07, 6.45) is -0.223. The van der Waals surface area contributed by atoms with Crippen molar-refractivity contribution >= 4 is 11.9 Å². The van der Waals surface area contributed by atoms with Gasteiger partial charge in [0.05, 0.1) is 0 Å². The van der Waals surface area contributed by atoms with E-state index in [1.165, 1.54) is 20.0 Å². The predicted octanol–water partition coefficient (Wildman–Crippen LogP) is 1.34. The Morgan fingerprint density at radius 1 is 1.33 bits per heavy atom. The lowest BCUT2D eigenvalue weighted by Gasteiger charge is -2.22. The zero-order valence-corrected chi connectivity index (χ0v) is 9.96. The highest BCUT2D eigenvalue weighted by atomic mass is 19.2. The Labute approximate surface area is 103 Å². The molecular formula is C12H13F2NO3. The number of hydrogen-bond donors (Lipinski definition) is 2. The lowest BCUT2D eigenvalue weighted by Crippen LogP contribution is -2.44. The van der Waals surface area contributed by atoms with Gasteiger partial charge in [0.1, 0.15) is 5.41 Å². The standard InChI is InChI=1S/C12H13F2NO3/c1-12(11(17)18,10(16)15-2)6-7-3-4-8(13)9(14)5-7/h3-5H,6H2,1-2H3,(H,15,16)(H,17,18).